The van der Waals surface area contributed by atoms with Gasteiger partial charge in [-0.1, -0.05) is 0 Å². The molecule has 1 aliphatic rings. The summed E-state index contributed by atoms with van der Waals surface area (Å²) in [6.45, 7) is 2.63. The van der Waals surface area contributed by atoms with Crippen molar-refractivity contribution in [3.63, 3.8) is 0 Å². The van der Waals surface area contributed by atoms with Crippen molar-refractivity contribution in [2.45, 2.75) is 13.0 Å². The zero-order chi connectivity index (χ0) is 14.7. The highest BCUT2D eigenvalue weighted by Crippen LogP contribution is 2.25. The smallest absolute Gasteiger partial charge is 0.335 e. The number of urea groups is 1. The molecular formula is C13H16N2O4S. The van der Waals surface area contributed by atoms with E-state index in [4.69, 9.17) is 5.11 Å². The van der Waals surface area contributed by atoms with Crippen molar-refractivity contribution < 1.29 is 19.8 Å². The quantitative estimate of drug-likeness (QED) is 0.727. The van der Waals surface area contributed by atoms with Gasteiger partial charge in [0.15, 0.2) is 0 Å². The molecule has 0 spiro atoms. The van der Waals surface area contributed by atoms with Gasteiger partial charge in [0.25, 0.3) is 0 Å². The van der Waals surface area contributed by atoms with Gasteiger partial charge < -0.3 is 20.4 Å². The van der Waals surface area contributed by atoms with Crippen molar-refractivity contribution in [2.24, 2.45) is 0 Å². The molecule has 1 heterocycles. The van der Waals surface area contributed by atoms with E-state index in [1.165, 1.54) is 12.1 Å². The molecule has 0 radical (unpaired) electrons. The third-order valence-corrected chi connectivity index (χ3v) is 4.30. The topological polar surface area (TPSA) is 89.9 Å². The van der Waals surface area contributed by atoms with Crippen LogP contribution in [-0.4, -0.2) is 51.2 Å². The fraction of sp³-hybridized carbons (Fsp3) is 0.385. The number of thioether (sulfide) groups is 1. The van der Waals surface area contributed by atoms with E-state index >= 15 is 0 Å². The van der Waals surface area contributed by atoms with Crippen LogP contribution in [-0.2, 0) is 0 Å². The van der Waals surface area contributed by atoms with Gasteiger partial charge in [-0.15, -0.1) is 0 Å². The number of nitrogens with zero attached hydrogens (tertiary/aromatic N) is 1. The van der Waals surface area contributed by atoms with Crippen LogP contribution in [0.1, 0.15) is 17.3 Å². The molecule has 7 heteroatoms. The van der Waals surface area contributed by atoms with Crippen LogP contribution in [0.25, 0.3) is 0 Å². The maximum atomic E-state index is 12.1. The number of carbonyl (C=O) groups is 2. The van der Waals surface area contributed by atoms with Gasteiger partial charge in [0.05, 0.1) is 11.3 Å². The number of aromatic carboxylic acids is 1. The van der Waals surface area contributed by atoms with Gasteiger partial charge in [0, 0.05) is 24.1 Å². The van der Waals surface area contributed by atoms with Gasteiger partial charge in [-0.25, -0.2) is 9.59 Å². The Kier molecular flexibility index (Phi) is 4.39. The average Bonchev–Trinajstić information content (AvgIpc) is 2.41. The van der Waals surface area contributed by atoms with Crippen LogP contribution in [0.3, 0.4) is 0 Å². The van der Waals surface area contributed by atoms with Crippen LogP contribution in [0.2, 0.25) is 0 Å². The largest absolute Gasteiger partial charge is 0.506 e. The summed E-state index contributed by atoms with van der Waals surface area (Å²) in [6, 6.07) is 3.70. The first-order valence-corrected chi connectivity index (χ1v) is 7.36. The molecule has 0 saturated carbocycles. The zero-order valence-corrected chi connectivity index (χ0v) is 11.8. The lowest BCUT2D eigenvalue weighted by atomic mass is 10.2. The number of phenols is 1. The minimum absolute atomic E-state index is 0.0248. The number of carboxylic acid groups (broad SMARTS) is 1. The molecule has 0 aromatic heterocycles. The summed E-state index contributed by atoms with van der Waals surface area (Å²) in [6.07, 6.45) is 0. The van der Waals surface area contributed by atoms with Gasteiger partial charge in [-0.3, -0.25) is 0 Å². The number of amides is 2. The number of anilines is 1. The SMILES string of the molecule is CC1CSCCN1C(=O)Nc1ccc(C(=O)O)cc1O. The number of carbonyl (C=O) groups excluding carboxylic acids is 1. The van der Waals surface area contributed by atoms with Crippen molar-refractivity contribution in [2.75, 3.05) is 23.4 Å². The fourth-order valence-corrected chi connectivity index (χ4v) is 3.00. The number of aromatic hydroxyl groups is 1. The second kappa shape index (κ2) is 6.04. The molecule has 2 amide bonds. The Labute approximate surface area is 120 Å². The first-order chi connectivity index (χ1) is 9.49. The molecule has 1 unspecified atom stereocenters. The molecule has 1 aromatic rings. The van der Waals surface area contributed by atoms with E-state index in [2.05, 4.69) is 5.32 Å². The average molecular weight is 296 g/mol. The van der Waals surface area contributed by atoms with Crippen LogP contribution >= 0.6 is 11.8 Å². The lowest BCUT2D eigenvalue weighted by Crippen LogP contribution is -2.46. The van der Waals surface area contributed by atoms with E-state index in [1.54, 1.807) is 16.7 Å². The van der Waals surface area contributed by atoms with E-state index < -0.39 is 5.97 Å². The zero-order valence-electron chi connectivity index (χ0n) is 11.0. The van der Waals surface area contributed by atoms with Gasteiger partial charge in [0.2, 0.25) is 0 Å². The Morgan fingerprint density at radius 1 is 1.45 bits per heavy atom. The van der Waals surface area contributed by atoms with Crippen molar-refractivity contribution in [3.8, 4) is 5.75 Å². The monoisotopic (exact) mass is 296 g/mol. The standard InChI is InChI=1S/C13H16N2O4S/c1-8-7-20-5-4-15(8)13(19)14-10-3-2-9(12(17)18)6-11(10)16/h2-3,6,8,16H,4-5,7H2,1H3,(H,14,19)(H,17,18). The van der Waals surface area contributed by atoms with E-state index in [0.29, 0.717) is 6.54 Å². The predicted octanol–water partition coefficient (Wildman–Crippen LogP) is 2.06. The molecule has 1 aliphatic heterocycles. The predicted molar refractivity (Wildman–Crippen MR) is 77.6 cm³/mol. The molecule has 0 bridgehead atoms. The highest BCUT2D eigenvalue weighted by atomic mass is 32.2. The van der Waals surface area contributed by atoms with Gasteiger partial charge in [-0.05, 0) is 25.1 Å². The maximum Gasteiger partial charge on any atom is 0.335 e. The summed E-state index contributed by atoms with van der Waals surface area (Å²) in [7, 11) is 0. The molecule has 2 rings (SSSR count). The Morgan fingerprint density at radius 3 is 2.80 bits per heavy atom. The number of phenolic OH excluding ortho intramolecular Hbond substituents is 1. The second-order valence-corrected chi connectivity index (χ2v) is 5.73. The summed E-state index contributed by atoms with van der Waals surface area (Å²) in [4.78, 5) is 24.6. The molecule has 3 N–H and O–H groups in total. The minimum atomic E-state index is -1.13. The van der Waals surface area contributed by atoms with Crippen LogP contribution in [0, 0.1) is 0 Å². The number of hydrogen-bond acceptors (Lipinski definition) is 4. The Morgan fingerprint density at radius 2 is 2.20 bits per heavy atom. The number of rotatable bonds is 2. The number of carboxylic acids is 1. The molecule has 1 saturated heterocycles. The first kappa shape index (κ1) is 14.5. The molecular weight excluding hydrogens is 280 g/mol. The highest BCUT2D eigenvalue weighted by Gasteiger charge is 2.24. The number of hydrogen-bond donors (Lipinski definition) is 3. The molecule has 1 aromatic carbocycles. The van der Waals surface area contributed by atoms with E-state index in [0.717, 1.165) is 17.6 Å². The summed E-state index contributed by atoms with van der Waals surface area (Å²) in [5.74, 6) is 0.399. The number of benzene rings is 1. The van der Waals surface area contributed by atoms with Crippen molar-refractivity contribution >= 4 is 29.4 Å². The summed E-state index contributed by atoms with van der Waals surface area (Å²) < 4.78 is 0. The van der Waals surface area contributed by atoms with Crippen LogP contribution in [0.15, 0.2) is 18.2 Å². The molecule has 6 nitrogen and oxygen atoms in total. The maximum absolute atomic E-state index is 12.1. The van der Waals surface area contributed by atoms with Crippen molar-refractivity contribution in [3.05, 3.63) is 23.8 Å². The van der Waals surface area contributed by atoms with E-state index in [1.807, 2.05) is 6.92 Å². The van der Waals surface area contributed by atoms with Crippen LogP contribution < -0.4 is 5.32 Å². The van der Waals surface area contributed by atoms with Gasteiger partial charge in [-0.2, -0.15) is 11.8 Å². The Bertz CT molecular complexity index is 535. The van der Waals surface area contributed by atoms with E-state index in [-0.39, 0.29) is 29.1 Å². The summed E-state index contributed by atoms with van der Waals surface area (Å²) >= 11 is 1.80. The lowest BCUT2D eigenvalue weighted by Gasteiger charge is -2.33. The Hall–Kier alpha value is -1.89. The van der Waals surface area contributed by atoms with Crippen molar-refractivity contribution in [1.29, 1.82) is 0 Å². The highest BCUT2D eigenvalue weighted by molar-refractivity contribution is 7.99. The Balaban J connectivity index is 2.09. The van der Waals surface area contributed by atoms with Crippen LogP contribution in [0.4, 0.5) is 10.5 Å². The van der Waals surface area contributed by atoms with Crippen molar-refractivity contribution in [1.82, 2.24) is 4.90 Å². The van der Waals surface area contributed by atoms with Crippen LogP contribution in [0.5, 0.6) is 5.75 Å². The molecule has 0 aliphatic carbocycles. The van der Waals surface area contributed by atoms with Gasteiger partial charge >= 0.3 is 12.0 Å². The van der Waals surface area contributed by atoms with Gasteiger partial charge in [0.1, 0.15) is 5.75 Å². The summed E-state index contributed by atoms with van der Waals surface area (Å²) in [5.41, 5.74) is 0.189. The molecule has 1 atom stereocenters. The third-order valence-electron chi connectivity index (χ3n) is 3.11. The second-order valence-electron chi connectivity index (χ2n) is 4.58. The number of nitrogens with one attached hydrogen (secondary N) is 1. The van der Waals surface area contributed by atoms with E-state index in [9.17, 15) is 14.7 Å². The summed E-state index contributed by atoms with van der Waals surface area (Å²) in [5, 5.41) is 21.2. The molecule has 1 fully saturated rings. The third kappa shape index (κ3) is 3.16. The molecule has 20 heavy (non-hydrogen) atoms. The normalized spacial score (nSPS) is 18.6. The minimum Gasteiger partial charge on any atom is -0.506 e. The first-order valence-electron chi connectivity index (χ1n) is 6.20. The molecule has 108 valence electrons. The lowest BCUT2D eigenvalue weighted by molar-refractivity contribution is 0.0696. The fourth-order valence-electron chi connectivity index (χ4n) is 1.99.